The fourth-order valence-electron chi connectivity index (χ4n) is 3.47. The second kappa shape index (κ2) is 9.90. The van der Waals surface area contributed by atoms with E-state index in [0.717, 1.165) is 42.9 Å². The number of nitrogen functional groups attached to an aromatic ring is 1. The predicted octanol–water partition coefficient (Wildman–Crippen LogP) is 2.42. The van der Waals surface area contributed by atoms with Crippen molar-refractivity contribution in [3.05, 3.63) is 60.2 Å². The predicted molar refractivity (Wildman–Crippen MR) is 112 cm³/mol. The molecule has 0 unspecified atom stereocenters. The van der Waals surface area contributed by atoms with Crippen molar-refractivity contribution in [3.63, 3.8) is 0 Å². The van der Waals surface area contributed by atoms with E-state index in [2.05, 4.69) is 15.5 Å². The number of piperidine rings is 1. The van der Waals surface area contributed by atoms with Crippen LogP contribution in [0.15, 0.2) is 54.6 Å². The summed E-state index contributed by atoms with van der Waals surface area (Å²) >= 11 is 0. The van der Waals surface area contributed by atoms with Crippen LogP contribution in [-0.2, 0) is 16.0 Å². The zero-order valence-corrected chi connectivity index (χ0v) is 16.1. The number of likely N-dealkylation sites (tertiary alicyclic amines) is 1. The van der Waals surface area contributed by atoms with Gasteiger partial charge in [-0.1, -0.05) is 36.4 Å². The van der Waals surface area contributed by atoms with Crippen molar-refractivity contribution in [1.82, 2.24) is 10.2 Å². The lowest BCUT2D eigenvalue weighted by molar-refractivity contribution is -0.122. The Kier molecular flexibility index (Phi) is 7.03. The van der Waals surface area contributed by atoms with Crippen LogP contribution in [0.5, 0.6) is 0 Å². The molecule has 6 heteroatoms. The first kappa shape index (κ1) is 19.9. The third kappa shape index (κ3) is 6.09. The summed E-state index contributed by atoms with van der Waals surface area (Å²) in [4.78, 5) is 26.5. The zero-order valence-electron chi connectivity index (χ0n) is 16.1. The van der Waals surface area contributed by atoms with Gasteiger partial charge in [0, 0.05) is 36.9 Å². The highest BCUT2D eigenvalue weighted by Crippen LogP contribution is 2.14. The number of nitrogens with one attached hydrogen (secondary N) is 2. The maximum Gasteiger partial charge on any atom is 0.238 e. The maximum absolute atomic E-state index is 12.2. The zero-order chi connectivity index (χ0) is 19.8. The first-order valence-corrected chi connectivity index (χ1v) is 9.80. The first-order valence-electron chi connectivity index (χ1n) is 9.80. The molecule has 0 atom stereocenters. The summed E-state index contributed by atoms with van der Waals surface area (Å²) in [6.07, 6.45) is 2.81. The fourth-order valence-corrected chi connectivity index (χ4v) is 3.47. The average molecular weight is 380 g/mol. The van der Waals surface area contributed by atoms with Gasteiger partial charge in [0.15, 0.2) is 0 Å². The second-order valence-corrected chi connectivity index (χ2v) is 7.23. The molecule has 1 aliphatic heterocycles. The second-order valence-electron chi connectivity index (χ2n) is 7.23. The van der Waals surface area contributed by atoms with E-state index in [1.165, 1.54) is 0 Å². The summed E-state index contributed by atoms with van der Waals surface area (Å²) in [5.74, 6) is 0.0534. The molecule has 0 spiro atoms. The van der Waals surface area contributed by atoms with Crippen LogP contribution in [-0.4, -0.2) is 42.4 Å². The molecule has 1 aliphatic rings. The van der Waals surface area contributed by atoms with E-state index < -0.39 is 0 Å². The van der Waals surface area contributed by atoms with E-state index in [9.17, 15) is 9.59 Å². The van der Waals surface area contributed by atoms with E-state index >= 15 is 0 Å². The highest BCUT2D eigenvalue weighted by atomic mass is 16.2. The molecule has 1 fully saturated rings. The van der Waals surface area contributed by atoms with Crippen molar-refractivity contribution in [2.45, 2.75) is 31.7 Å². The van der Waals surface area contributed by atoms with Crippen LogP contribution in [0, 0.1) is 0 Å². The van der Waals surface area contributed by atoms with Gasteiger partial charge in [0.25, 0.3) is 0 Å². The van der Waals surface area contributed by atoms with Gasteiger partial charge in [-0.05, 0) is 43.0 Å². The molecule has 0 aliphatic carbocycles. The van der Waals surface area contributed by atoms with Gasteiger partial charge in [-0.2, -0.15) is 0 Å². The number of para-hydroxylation sites is 2. The molecule has 0 bridgehead atoms. The summed E-state index contributed by atoms with van der Waals surface area (Å²) in [5, 5.41) is 6.02. The Bertz CT molecular complexity index is 786. The number of nitrogens with zero attached hydrogens (tertiary/aromatic N) is 1. The molecular weight excluding hydrogens is 352 g/mol. The summed E-state index contributed by atoms with van der Waals surface area (Å²) in [5.41, 5.74) is 8.48. The van der Waals surface area contributed by atoms with Crippen molar-refractivity contribution < 1.29 is 9.59 Å². The Hall–Kier alpha value is -2.86. The minimum absolute atomic E-state index is 0.00543. The minimum atomic E-state index is -0.00543. The molecule has 2 aromatic rings. The number of amides is 2. The highest BCUT2D eigenvalue weighted by Gasteiger charge is 2.22. The number of anilines is 2. The molecule has 6 nitrogen and oxygen atoms in total. The normalized spacial score (nSPS) is 15.1. The standard InChI is InChI=1S/C22H28N4O2/c23-20-9-5-4-6-17(20)10-11-21(27)24-19-12-14-26(15-13-19)16-22(28)25-18-7-2-1-3-8-18/h1-9,19H,10-16,23H2,(H,24,27)(H,25,28). The molecule has 0 radical (unpaired) electrons. The largest absolute Gasteiger partial charge is 0.399 e. The van der Waals surface area contributed by atoms with Crippen LogP contribution in [0.4, 0.5) is 11.4 Å². The molecule has 148 valence electrons. The number of hydrogen-bond donors (Lipinski definition) is 3. The monoisotopic (exact) mass is 380 g/mol. The summed E-state index contributed by atoms with van der Waals surface area (Å²) in [6.45, 7) is 1.99. The number of nitrogens with two attached hydrogens (primary N) is 1. The number of hydrogen-bond acceptors (Lipinski definition) is 4. The molecule has 0 aromatic heterocycles. The average Bonchev–Trinajstić information content (AvgIpc) is 2.69. The van der Waals surface area contributed by atoms with Crippen LogP contribution in [0.25, 0.3) is 0 Å². The minimum Gasteiger partial charge on any atom is -0.399 e. The third-order valence-electron chi connectivity index (χ3n) is 5.05. The molecule has 2 aromatic carbocycles. The lowest BCUT2D eigenvalue weighted by atomic mass is 10.0. The van der Waals surface area contributed by atoms with Crippen LogP contribution in [0.3, 0.4) is 0 Å². The van der Waals surface area contributed by atoms with Gasteiger partial charge < -0.3 is 16.4 Å². The Morgan fingerprint density at radius 1 is 0.964 bits per heavy atom. The number of carbonyl (C=O) groups excluding carboxylic acids is 2. The number of aryl methyl sites for hydroxylation is 1. The van der Waals surface area contributed by atoms with Crippen LogP contribution < -0.4 is 16.4 Å². The maximum atomic E-state index is 12.2. The van der Waals surface area contributed by atoms with Gasteiger partial charge in [-0.3, -0.25) is 14.5 Å². The van der Waals surface area contributed by atoms with Crippen LogP contribution in [0.1, 0.15) is 24.8 Å². The van der Waals surface area contributed by atoms with E-state index in [4.69, 9.17) is 5.73 Å². The Labute approximate surface area is 166 Å². The van der Waals surface area contributed by atoms with Crippen molar-refractivity contribution in [2.24, 2.45) is 0 Å². The molecular formula is C22H28N4O2. The summed E-state index contributed by atoms with van der Waals surface area (Å²) < 4.78 is 0. The lowest BCUT2D eigenvalue weighted by Gasteiger charge is -2.31. The fraction of sp³-hybridized carbons (Fsp3) is 0.364. The van der Waals surface area contributed by atoms with Gasteiger partial charge in [-0.25, -0.2) is 0 Å². The molecule has 2 amide bonds. The Balaban J connectivity index is 1.35. The van der Waals surface area contributed by atoms with Crippen molar-refractivity contribution in [2.75, 3.05) is 30.7 Å². The molecule has 1 saturated heterocycles. The van der Waals surface area contributed by atoms with Gasteiger partial charge in [0.05, 0.1) is 6.54 Å². The van der Waals surface area contributed by atoms with E-state index in [1.807, 2.05) is 54.6 Å². The van der Waals surface area contributed by atoms with Gasteiger partial charge >= 0.3 is 0 Å². The molecule has 0 saturated carbocycles. The quantitative estimate of drug-likeness (QED) is 0.644. The number of carbonyl (C=O) groups is 2. The van der Waals surface area contributed by atoms with Gasteiger partial charge in [0.2, 0.25) is 11.8 Å². The van der Waals surface area contributed by atoms with Gasteiger partial charge in [-0.15, -0.1) is 0 Å². The number of rotatable bonds is 7. The molecule has 28 heavy (non-hydrogen) atoms. The Morgan fingerprint density at radius 3 is 2.36 bits per heavy atom. The van der Waals surface area contributed by atoms with E-state index in [-0.39, 0.29) is 17.9 Å². The van der Waals surface area contributed by atoms with Crippen molar-refractivity contribution >= 4 is 23.2 Å². The van der Waals surface area contributed by atoms with Crippen molar-refractivity contribution in [1.29, 1.82) is 0 Å². The first-order chi connectivity index (χ1) is 13.6. The topological polar surface area (TPSA) is 87.5 Å². The Morgan fingerprint density at radius 2 is 1.64 bits per heavy atom. The molecule has 1 heterocycles. The molecule has 4 N–H and O–H groups in total. The smallest absolute Gasteiger partial charge is 0.238 e. The van der Waals surface area contributed by atoms with E-state index in [1.54, 1.807) is 0 Å². The SMILES string of the molecule is Nc1ccccc1CCC(=O)NC1CCN(CC(=O)Nc2ccccc2)CC1. The van der Waals surface area contributed by atoms with Gasteiger partial charge in [0.1, 0.15) is 0 Å². The highest BCUT2D eigenvalue weighted by molar-refractivity contribution is 5.92. The number of benzene rings is 2. The van der Waals surface area contributed by atoms with E-state index in [0.29, 0.717) is 19.4 Å². The van der Waals surface area contributed by atoms with Crippen LogP contribution in [0.2, 0.25) is 0 Å². The summed E-state index contributed by atoms with van der Waals surface area (Å²) in [7, 11) is 0. The third-order valence-corrected chi connectivity index (χ3v) is 5.05. The molecule has 3 rings (SSSR count). The summed E-state index contributed by atoms with van der Waals surface area (Å²) in [6, 6.07) is 17.3. The van der Waals surface area contributed by atoms with Crippen molar-refractivity contribution in [3.8, 4) is 0 Å². The lowest BCUT2D eigenvalue weighted by Crippen LogP contribution is -2.46. The van der Waals surface area contributed by atoms with Crippen LogP contribution >= 0.6 is 0 Å².